The highest BCUT2D eigenvalue weighted by Crippen LogP contribution is 2.31. The molecule has 0 saturated carbocycles. The second-order valence-electron chi connectivity index (χ2n) is 3.85. The van der Waals surface area contributed by atoms with Crippen molar-refractivity contribution < 1.29 is 9.52 Å². The SMILES string of the molecule is Oc1cc(-c2nnc(CCl)o2)cc2ccccc12. The maximum atomic E-state index is 9.96. The molecule has 4 nitrogen and oxygen atoms in total. The van der Waals surface area contributed by atoms with Gasteiger partial charge in [0, 0.05) is 10.9 Å². The van der Waals surface area contributed by atoms with Gasteiger partial charge in [0.1, 0.15) is 11.6 Å². The molecule has 1 N–H and O–H groups in total. The van der Waals surface area contributed by atoms with E-state index in [4.69, 9.17) is 16.0 Å². The van der Waals surface area contributed by atoms with Crippen molar-refractivity contribution >= 4 is 22.4 Å². The van der Waals surface area contributed by atoms with Crippen molar-refractivity contribution in [3.63, 3.8) is 0 Å². The number of rotatable bonds is 2. The molecule has 0 fully saturated rings. The fraction of sp³-hybridized carbons (Fsp3) is 0.0769. The van der Waals surface area contributed by atoms with E-state index in [-0.39, 0.29) is 11.6 Å². The van der Waals surface area contributed by atoms with Crippen LogP contribution in [0.3, 0.4) is 0 Å². The second kappa shape index (κ2) is 4.31. The number of fused-ring (bicyclic) bond motifs is 1. The van der Waals surface area contributed by atoms with E-state index in [2.05, 4.69) is 10.2 Å². The molecule has 0 aliphatic heterocycles. The van der Waals surface area contributed by atoms with E-state index in [1.54, 1.807) is 6.07 Å². The Morgan fingerprint density at radius 2 is 2.00 bits per heavy atom. The van der Waals surface area contributed by atoms with E-state index in [1.165, 1.54) is 0 Å². The van der Waals surface area contributed by atoms with E-state index < -0.39 is 0 Å². The molecular weight excluding hydrogens is 252 g/mol. The van der Waals surface area contributed by atoms with Gasteiger partial charge in [-0.3, -0.25) is 0 Å². The summed E-state index contributed by atoms with van der Waals surface area (Å²) in [4.78, 5) is 0. The van der Waals surface area contributed by atoms with Crippen LogP contribution < -0.4 is 0 Å². The maximum absolute atomic E-state index is 9.96. The maximum Gasteiger partial charge on any atom is 0.247 e. The van der Waals surface area contributed by atoms with Gasteiger partial charge < -0.3 is 9.52 Å². The Labute approximate surface area is 108 Å². The fourth-order valence-corrected chi connectivity index (χ4v) is 1.95. The third-order valence-electron chi connectivity index (χ3n) is 2.67. The number of aromatic nitrogens is 2. The summed E-state index contributed by atoms with van der Waals surface area (Å²) in [6.07, 6.45) is 0. The number of nitrogens with zero attached hydrogens (tertiary/aromatic N) is 2. The quantitative estimate of drug-likeness (QED) is 0.718. The third kappa shape index (κ3) is 1.80. The zero-order valence-corrected chi connectivity index (χ0v) is 10.1. The molecular formula is C13H9ClN2O2. The lowest BCUT2D eigenvalue weighted by Crippen LogP contribution is -1.80. The first-order valence-corrected chi connectivity index (χ1v) is 5.92. The Kier molecular flexibility index (Phi) is 2.64. The van der Waals surface area contributed by atoms with Crippen LogP contribution in [-0.4, -0.2) is 15.3 Å². The summed E-state index contributed by atoms with van der Waals surface area (Å²) in [6, 6.07) is 11.0. The number of alkyl halides is 1. The summed E-state index contributed by atoms with van der Waals surface area (Å²) in [5.74, 6) is 1.08. The zero-order chi connectivity index (χ0) is 12.5. The van der Waals surface area contributed by atoms with Gasteiger partial charge in [-0.1, -0.05) is 24.3 Å². The number of phenols is 1. The van der Waals surface area contributed by atoms with Gasteiger partial charge in [0.25, 0.3) is 0 Å². The Morgan fingerprint density at radius 3 is 2.78 bits per heavy atom. The molecule has 2 aromatic carbocycles. The molecule has 3 rings (SSSR count). The van der Waals surface area contributed by atoms with Crippen LogP contribution in [0.15, 0.2) is 40.8 Å². The van der Waals surface area contributed by atoms with Crippen LogP contribution in [0.1, 0.15) is 5.89 Å². The highest BCUT2D eigenvalue weighted by atomic mass is 35.5. The lowest BCUT2D eigenvalue weighted by molar-refractivity contribution is 0.481. The first kappa shape index (κ1) is 11.0. The molecule has 18 heavy (non-hydrogen) atoms. The van der Waals surface area contributed by atoms with Gasteiger partial charge in [0.2, 0.25) is 11.8 Å². The van der Waals surface area contributed by atoms with Gasteiger partial charge >= 0.3 is 0 Å². The van der Waals surface area contributed by atoms with Crippen LogP contribution in [0.5, 0.6) is 5.75 Å². The van der Waals surface area contributed by atoms with Crippen LogP contribution in [-0.2, 0) is 5.88 Å². The van der Waals surface area contributed by atoms with Crippen molar-refractivity contribution in [3.05, 3.63) is 42.3 Å². The molecule has 0 aliphatic rings. The van der Waals surface area contributed by atoms with Gasteiger partial charge in [-0.2, -0.15) is 0 Å². The molecule has 0 saturated heterocycles. The van der Waals surface area contributed by atoms with Crippen molar-refractivity contribution in [1.82, 2.24) is 10.2 Å². The van der Waals surface area contributed by atoms with Crippen molar-refractivity contribution in [2.75, 3.05) is 0 Å². The first-order valence-electron chi connectivity index (χ1n) is 5.38. The first-order chi connectivity index (χ1) is 8.78. The van der Waals surface area contributed by atoms with E-state index in [0.717, 1.165) is 10.8 Å². The summed E-state index contributed by atoms with van der Waals surface area (Å²) in [5.41, 5.74) is 0.676. The Balaban J connectivity index is 2.18. The van der Waals surface area contributed by atoms with Crippen molar-refractivity contribution in [3.8, 4) is 17.2 Å². The van der Waals surface area contributed by atoms with Gasteiger partial charge in [-0.25, -0.2) is 0 Å². The molecule has 0 bridgehead atoms. The molecule has 0 aliphatic carbocycles. The fourth-order valence-electron chi connectivity index (χ4n) is 1.84. The van der Waals surface area contributed by atoms with Gasteiger partial charge in [0.15, 0.2) is 0 Å². The number of phenolic OH excluding ortho intramolecular Hbond substituents is 1. The lowest BCUT2D eigenvalue weighted by atomic mass is 10.1. The van der Waals surface area contributed by atoms with Gasteiger partial charge in [0.05, 0.1) is 0 Å². The smallest absolute Gasteiger partial charge is 0.247 e. The van der Waals surface area contributed by atoms with Crippen molar-refractivity contribution in [2.45, 2.75) is 5.88 Å². The highest BCUT2D eigenvalue weighted by Gasteiger charge is 2.10. The van der Waals surface area contributed by atoms with Gasteiger partial charge in [-0.05, 0) is 17.5 Å². The van der Waals surface area contributed by atoms with Crippen LogP contribution in [0.4, 0.5) is 0 Å². The minimum atomic E-state index is 0.173. The Hall–Kier alpha value is -2.07. The topological polar surface area (TPSA) is 59.2 Å². The summed E-state index contributed by atoms with van der Waals surface area (Å²) >= 11 is 5.61. The Morgan fingerprint density at radius 1 is 1.17 bits per heavy atom. The molecule has 0 spiro atoms. The van der Waals surface area contributed by atoms with E-state index >= 15 is 0 Å². The molecule has 1 heterocycles. The number of aromatic hydroxyl groups is 1. The Bertz CT molecular complexity index is 709. The second-order valence-corrected chi connectivity index (χ2v) is 4.12. The third-order valence-corrected chi connectivity index (χ3v) is 2.90. The zero-order valence-electron chi connectivity index (χ0n) is 9.30. The largest absolute Gasteiger partial charge is 0.507 e. The monoisotopic (exact) mass is 260 g/mol. The number of hydrogen-bond acceptors (Lipinski definition) is 4. The predicted molar refractivity (Wildman–Crippen MR) is 68.5 cm³/mol. The van der Waals surface area contributed by atoms with Crippen molar-refractivity contribution in [2.24, 2.45) is 0 Å². The van der Waals surface area contributed by atoms with Crippen LogP contribution in [0.25, 0.3) is 22.2 Å². The minimum absolute atomic E-state index is 0.173. The molecule has 90 valence electrons. The number of benzene rings is 2. The molecule has 0 amide bonds. The number of hydrogen-bond donors (Lipinski definition) is 1. The summed E-state index contributed by atoms with van der Waals surface area (Å²) < 4.78 is 5.36. The molecule has 5 heteroatoms. The van der Waals surface area contributed by atoms with Crippen molar-refractivity contribution in [1.29, 1.82) is 0 Å². The standard InChI is InChI=1S/C13H9ClN2O2/c14-7-12-15-16-13(18-12)9-5-8-3-1-2-4-10(8)11(17)6-9/h1-6,17H,7H2. The van der Waals surface area contributed by atoms with E-state index in [1.807, 2.05) is 30.3 Å². The van der Waals surface area contributed by atoms with Crippen LogP contribution >= 0.6 is 11.6 Å². The normalized spacial score (nSPS) is 10.9. The number of halogens is 1. The highest BCUT2D eigenvalue weighted by molar-refractivity contribution is 6.16. The predicted octanol–water partition coefficient (Wildman–Crippen LogP) is 3.33. The summed E-state index contributed by atoms with van der Waals surface area (Å²) in [7, 11) is 0. The van der Waals surface area contributed by atoms with Crippen LogP contribution in [0, 0.1) is 0 Å². The molecule has 0 unspecified atom stereocenters. The summed E-state index contributed by atoms with van der Waals surface area (Å²) in [5, 5.41) is 19.4. The van der Waals surface area contributed by atoms with E-state index in [9.17, 15) is 5.11 Å². The lowest BCUT2D eigenvalue weighted by Gasteiger charge is -2.02. The van der Waals surface area contributed by atoms with Crippen LogP contribution in [0.2, 0.25) is 0 Å². The summed E-state index contributed by atoms with van der Waals surface area (Å²) in [6.45, 7) is 0. The molecule has 1 aromatic heterocycles. The average molecular weight is 261 g/mol. The average Bonchev–Trinajstić information content (AvgIpc) is 2.87. The minimum Gasteiger partial charge on any atom is -0.507 e. The van der Waals surface area contributed by atoms with Gasteiger partial charge in [-0.15, -0.1) is 21.8 Å². The molecule has 0 atom stereocenters. The molecule has 0 radical (unpaired) electrons. The molecule has 3 aromatic rings. The van der Waals surface area contributed by atoms with E-state index in [0.29, 0.717) is 17.3 Å².